The van der Waals surface area contributed by atoms with E-state index in [1.54, 1.807) is 42.5 Å². The molecule has 1 aromatic carbocycles. The Morgan fingerprint density at radius 2 is 1.96 bits per heavy atom. The zero-order chi connectivity index (χ0) is 33.0. The number of thiazole rings is 1. The van der Waals surface area contributed by atoms with Crippen molar-refractivity contribution in [3.63, 3.8) is 0 Å². The van der Waals surface area contributed by atoms with Crippen LogP contribution in [-0.4, -0.2) is 89.0 Å². The van der Waals surface area contributed by atoms with Gasteiger partial charge in [0.1, 0.15) is 17.5 Å². The second-order valence-electron chi connectivity index (χ2n) is 13.6. The molecular weight excluding hydrogens is 619 g/mol. The molecule has 6 rings (SSSR count). The maximum Gasteiger partial charge on any atom is 0.338 e. The van der Waals surface area contributed by atoms with Crippen molar-refractivity contribution in [2.24, 2.45) is 16.8 Å². The molecule has 1 saturated carbocycles. The van der Waals surface area contributed by atoms with E-state index in [0.29, 0.717) is 47.1 Å². The molecule has 13 heteroatoms. The summed E-state index contributed by atoms with van der Waals surface area (Å²) in [5.41, 5.74) is 0.794. The Hall–Kier alpha value is -3.29. The van der Waals surface area contributed by atoms with Crippen LogP contribution in [0.25, 0.3) is 0 Å². The third kappa shape index (κ3) is 6.33. The minimum Gasteiger partial charge on any atom is -0.463 e. The fraction of sp³-hybridized carbons (Fsp3) is 0.576. The van der Waals surface area contributed by atoms with Gasteiger partial charge in [-0.05, 0) is 64.7 Å². The number of hydrogen-bond acceptors (Lipinski definition) is 10. The number of amidine groups is 1. The number of benzene rings is 1. The van der Waals surface area contributed by atoms with Gasteiger partial charge < -0.3 is 14.8 Å². The number of ether oxygens (including phenoxy) is 2. The molecule has 2 saturated heterocycles. The molecule has 9 nitrogen and oxygen atoms in total. The summed E-state index contributed by atoms with van der Waals surface area (Å²) in [6, 6.07) is 3.26. The summed E-state index contributed by atoms with van der Waals surface area (Å²) in [6.45, 7) is 9.11. The standard InChI is InChI=1S/C33H40F3N5O4S/c1-6-44-31(43)26-24(38-28(29-37-10-11-46-29)39-27(26)21-8-7-9-23(34)18(21)2)15-41-17-33(35,36)22-14-40(16-25(22)41)20-12-19(13-20)30(42)45-32(3,4)5/h7-11,19-20,22,25,27H,6,12-17H2,1-5H3,(H,38,39)/t19-,20-,22-,25+,27+/m1/s1. The van der Waals surface area contributed by atoms with Crippen LogP contribution in [0.4, 0.5) is 13.2 Å². The van der Waals surface area contributed by atoms with Gasteiger partial charge in [-0.3, -0.25) is 19.6 Å². The number of esters is 2. The molecule has 4 heterocycles. The van der Waals surface area contributed by atoms with E-state index < -0.39 is 47.9 Å². The van der Waals surface area contributed by atoms with Crippen LogP contribution >= 0.6 is 11.3 Å². The van der Waals surface area contributed by atoms with Gasteiger partial charge in [0.25, 0.3) is 5.92 Å². The first-order valence-corrected chi connectivity index (χ1v) is 16.6. The molecule has 2 aromatic rings. The molecule has 4 aliphatic rings. The monoisotopic (exact) mass is 659 g/mol. The van der Waals surface area contributed by atoms with Crippen molar-refractivity contribution in [2.75, 3.05) is 32.8 Å². The van der Waals surface area contributed by atoms with Crippen molar-refractivity contribution < 1.29 is 32.2 Å². The minimum absolute atomic E-state index is 0.0131. The topological polar surface area (TPSA) is 96.4 Å². The van der Waals surface area contributed by atoms with E-state index in [-0.39, 0.29) is 43.2 Å². The first-order chi connectivity index (χ1) is 21.8. The average Bonchev–Trinajstić information content (AvgIpc) is 3.67. The average molecular weight is 660 g/mol. The molecule has 46 heavy (non-hydrogen) atoms. The molecule has 248 valence electrons. The second-order valence-corrected chi connectivity index (χ2v) is 14.5. The van der Waals surface area contributed by atoms with E-state index in [4.69, 9.17) is 14.5 Å². The maximum atomic E-state index is 15.6. The molecule has 0 bridgehead atoms. The van der Waals surface area contributed by atoms with Crippen molar-refractivity contribution in [3.8, 4) is 0 Å². The number of aromatic nitrogens is 1. The fourth-order valence-electron chi connectivity index (χ4n) is 7.01. The zero-order valence-electron chi connectivity index (χ0n) is 26.7. The van der Waals surface area contributed by atoms with E-state index in [1.807, 2.05) is 20.8 Å². The molecule has 3 atom stereocenters. The predicted molar refractivity (Wildman–Crippen MR) is 167 cm³/mol. The lowest BCUT2D eigenvalue weighted by atomic mass is 9.79. The Labute approximate surface area is 270 Å². The van der Waals surface area contributed by atoms with Crippen LogP contribution in [0.2, 0.25) is 0 Å². The minimum atomic E-state index is -2.95. The summed E-state index contributed by atoms with van der Waals surface area (Å²) >= 11 is 1.34. The van der Waals surface area contributed by atoms with Gasteiger partial charge in [-0.2, -0.15) is 0 Å². The van der Waals surface area contributed by atoms with Gasteiger partial charge in [0.15, 0.2) is 10.8 Å². The Morgan fingerprint density at radius 3 is 2.63 bits per heavy atom. The van der Waals surface area contributed by atoms with Crippen LogP contribution in [0.5, 0.6) is 0 Å². The highest BCUT2D eigenvalue weighted by atomic mass is 32.1. The summed E-state index contributed by atoms with van der Waals surface area (Å²) in [5.74, 6) is -5.00. The smallest absolute Gasteiger partial charge is 0.338 e. The summed E-state index contributed by atoms with van der Waals surface area (Å²) in [6.07, 6.45) is 2.80. The summed E-state index contributed by atoms with van der Waals surface area (Å²) < 4.78 is 57.0. The Morgan fingerprint density at radius 1 is 1.20 bits per heavy atom. The van der Waals surface area contributed by atoms with Crippen LogP contribution in [-0.2, 0) is 19.1 Å². The van der Waals surface area contributed by atoms with E-state index in [0.717, 1.165) is 0 Å². The molecule has 0 radical (unpaired) electrons. The van der Waals surface area contributed by atoms with Crippen molar-refractivity contribution in [1.29, 1.82) is 0 Å². The van der Waals surface area contributed by atoms with Gasteiger partial charge in [0.05, 0.1) is 30.6 Å². The number of likely N-dealkylation sites (tertiary alicyclic amines) is 2. The first kappa shape index (κ1) is 32.6. The number of halogens is 3. The maximum absolute atomic E-state index is 15.6. The number of nitrogens with zero attached hydrogens (tertiary/aromatic N) is 4. The largest absolute Gasteiger partial charge is 0.463 e. The number of fused-ring (bicyclic) bond motifs is 1. The van der Waals surface area contributed by atoms with Crippen LogP contribution in [0.1, 0.15) is 62.7 Å². The lowest BCUT2D eigenvalue weighted by Gasteiger charge is -2.41. The molecule has 1 aliphatic carbocycles. The molecule has 0 spiro atoms. The van der Waals surface area contributed by atoms with Gasteiger partial charge in [-0.1, -0.05) is 12.1 Å². The Balaban J connectivity index is 1.28. The highest BCUT2D eigenvalue weighted by Gasteiger charge is 2.59. The number of rotatable bonds is 8. The van der Waals surface area contributed by atoms with Gasteiger partial charge in [0, 0.05) is 49.0 Å². The van der Waals surface area contributed by atoms with Crippen molar-refractivity contribution in [1.82, 2.24) is 20.1 Å². The van der Waals surface area contributed by atoms with Crippen LogP contribution < -0.4 is 5.32 Å². The first-order valence-electron chi connectivity index (χ1n) is 15.7. The lowest BCUT2D eigenvalue weighted by molar-refractivity contribution is -0.165. The third-order valence-electron chi connectivity index (χ3n) is 9.33. The summed E-state index contributed by atoms with van der Waals surface area (Å²) in [4.78, 5) is 39.1. The quantitative estimate of drug-likeness (QED) is 0.402. The third-order valence-corrected chi connectivity index (χ3v) is 10.1. The van der Waals surface area contributed by atoms with E-state index in [9.17, 15) is 14.0 Å². The zero-order valence-corrected chi connectivity index (χ0v) is 27.5. The lowest BCUT2D eigenvalue weighted by Crippen LogP contribution is -2.49. The Bertz CT molecular complexity index is 1550. The van der Waals surface area contributed by atoms with Crippen LogP contribution in [0, 0.1) is 24.6 Å². The molecule has 0 unspecified atom stereocenters. The highest BCUT2D eigenvalue weighted by molar-refractivity contribution is 7.11. The predicted octanol–water partition coefficient (Wildman–Crippen LogP) is 4.87. The normalized spacial score (nSPS) is 27.9. The molecule has 3 aliphatic heterocycles. The molecule has 3 fully saturated rings. The van der Waals surface area contributed by atoms with E-state index >= 15 is 8.78 Å². The number of aliphatic imine (C=N–C) groups is 1. The molecular formula is C33H40F3N5O4S. The van der Waals surface area contributed by atoms with Gasteiger partial charge in [-0.15, -0.1) is 11.3 Å². The van der Waals surface area contributed by atoms with Crippen molar-refractivity contribution in [2.45, 2.75) is 77.1 Å². The second kappa shape index (κ2) is 12.4. The SMILES string of the molecule is CCOC(=O)C1=C(CN2CC(F)(F)[C@@H]3CN([C@H]4C[C@H](C(=O)OC(C)(C)C)C4)C[C@@H]32)NC(c2nccs2)=N[C@H]1c1cccc(F)c1C. The van der Waals surface area contributed by atoms with Crippen molar-refractivity contribution in [3.05, 3.63) is 63.0 Å². The summed E-state index contributed by atoms with van der Waals surface area (Å²) in [7, 11) is 0. The number of carbonyl (C=O) groups excluding carboxylic acids is 2. The van der Waals surface area contributed by atoms with Crippen molar-refractivity contribution >= 4 is 29.1 Å². The van der Waals surface area contributed by atoms with E-state index in [2.05, 4.69) is 15.2 Å². The number of nitrogens with one attached hydrogen (secondary N) is 1. The Kier molecular flexibility index (Phi) is 8.79. The molecule has 1 aromatic heterocycles. The summed E-state index contributed by atoms with van der Waals surface area (Å²) in [5, 5.41) is 5.58. The highest BCUT2D eigenvalue weighted by Crippen LogP contribution is 2.46. The molecule has 1 N–H and O–H groups in total. The van der Waals surface area contributed by atoms with Gasteiger partial charge in [-0.25, -0.2) is 22.9 Å². The van der Waals surface area contributed by atoms with E-state index in [1.165, 1.54) is 17.4 Å². The fourth-order valence-corrected chi connectivity index (χ4v) is 7.60. The number of alkyl halides is 2. The van der Waals surface area contributed by atoms with Gasteiger partial charge >= 0.3 is 11.9 Å². The molecule has 0 amide bonds. The number of carbonyl (C=O) groups is 2. The number of hydrogen-bond donors (Lipinski definition) is 1. The van der Waals surface area contributed by atoms with Crippen LogP contribution in [0.3, 0.4) is 0 Å². The van der Waals surface area contributed by atoms with Crippen LogP contribution in [0.15, 0.2) is 46.0 Å². The van der Waals surface area contributed by atoms with Gasteiger partial charge in [0.2, 0.25) is 0 Å².